The number of carbonyl (C=O) groups excluding carboxylic acids is 1. The molecule has 1 aliphatic rings. The van der Waals surface area contributed by atoms with Gasteiger partial charge in [-0.1, -0.05) is 42.5 Å². The molecule has 0 aliphatic heterocycles. The maximum atomic E-state index is 12.4. The Hall–Kier alpha value is -2.00. The van der Waals surface area contributed by atoms with Crippen molar-refractivity contribution in [3.63, 3.8) is 0 Å². The van der Waals surface area contributed by atoms with Gasteiger partial charge in [-0.3, -0.25) is 4.79 Å². The molecule has 0 heterocycles. The van der Waals surface area contributed by atoms with Crippen LogP contribution in [0.3, 0.4) is 0 Å². The monoisotopic (exact) mass is 316 g/mol. The zero-order valence-electron chi connectivity index (χ0n) is 12.4. The van der Waals surface area contributed by atoms with Crippen LogP contribution in [0.4, 0.5) is 5.69 Å². The SMILES string of the molecule is Cl.Nc1ccc(CCNC(=O)C2(c3ccccc3)CC2)cc1. The first kappa shape index (κ1) is 16.4. The molecule has 3 nitrogen and oxygen atoms in total. The van der Waals surface area contributed by atoms with Gasteiger partial charge in [0, 0.05) is 12.2 Å². The first-order valence-corrected chi connectivity index (χ1v) is 7.39. The number of nitrogens with two attached hydrogens (primary N) is 1. The second-order valence-corrected chi connectivity index (χ2v) is 5.70. The van der Waals surface area contributed by atoms with Gasteiger partial charge >= 0.3 is 0 Å². The molecule has 2 aromatic carbocycles. The molecular weight excluding hydrogens is 296 g/mol. The van der Waals surface area contributed by atoms with E-state index < -0.39 is 0 Å². The third kappa shape index (κ3) is 3.42. The van der Waals surface area contributed by atoms with E-state index in [4.69, 9.17) is 5.73 Å². The molecule has 0 aromatic heterocycles. The van der Waals surface area contributed by atoms with Gasteiger partial charge in [0.2, 0.25) is 5.91 Å². The van der Waals surface area contributed by atoms with Crippen LogP contribution in [0.1, 0.15) is 24.0 Å². The molecule has 4 heteroatoms. The molecule has 3 N–H and O–H groups in total. The van der Waals surface area contributed by atoms with Crippen molar-refractivity contribution < 1.29 is 4.79 Å². The third-order valence-electron chi connectivity index (χ3n) is 4.19. The molecule has 1 saturated carbocycles. The van der Waals surface area contributed by atoms with Crippen molar-refractivity contribution in [3.8, 4) is 0 Å². The van der Waals surface area contributed by atoms with Gasteiger partial charge in [0.05, 0.1) is 5.41 Å². The first-order chi connectivity index (χ1) is 10.2. The van der Waals surface area contributed by atoms with Crippen molar-refractivity contribution in [2.75, 3.05) is 12.3 Å². The molecule has 0 atom stereocenters. The molecule has 0 unspecified atom stereocenters. The average molecular weight is 317 g/mol. The van der Waals surface area contributed by atoms with E-state index in [1.807, 2.05) is 54.6 Å². The Morgan fingerprint density at radius 1 is 1.05 bits per heavy atom. The largest absolute Gasteiger partial charge is 0.399 e. The lowest BCUT2D eigenvalue weighted by Crippen LogP contribution is -2.35. The van der Waals surface area contributed by atoms with E-state index in [1.54, 1.807) is 0 Å². The smallest absolute Gasteiger partial charge is 0.230 e. The van der Waals surface area contributed by atoms with Gasteiger partial charge in [-0.15, -0.1) is 12.4 Å². The van der Waals surface area contributed by atoms with Gasteiger partial charge in [-0.05, 0) is 42.5 Å². The number of hydrogen-bond acceptors (Lipinski definition) is 2. The number of halogens is 1. The maximum Gasteiger partial charge on any atom is 0.230 e. The van der Waals surface area contributed by atoms with Crippen molar-refractivity contribution >= 4 is 24.0 Å². The third-order valence-corrected chi connectivity index (χ3v) is 4.19. The van der Waals surface area contributed by atoms with Crippen LogP contribution < -0.4 is 11.1 Å². The summed E-state index contributed by atoms with van der Waals surface area (Å²) < 4.78 is 0. The van der Waals surface area contributed by atoms with Crippen molar-refractivity contribution in [1.29, 1.82) is 0 Å². The van der Waals surface area contributed by atoms with Crippen LogP contribution in [0.25, 0.3) is 0 Å². The van der Waals surface area contributed by atoms with Crippen LogP contribution in [-0.4, -0.2) is 12.5 Å². The molecule has 0 spiro atoms. The molecule has 0 radical (unpaired) electrons. The number of hydrogen-bond donors (Lipinski definition) is 2. The fraction of sp³-hybridized carbons (Fsp3) is 0.278. The molecule has 0 bridgehead atoms. The van der Waals surface area contributed by atoms with Crippen LogP contribution in [0.5, 0.6) is 0 Å². The highest BCUT2D eigenvalue weighted by atomic mass is 35.5. The summed E-state index contributed by atoms with van der Waals surface area (Å²) in [6.45, 7) is 0.664. The van der Waals surface area contributed by atoms with Gasteiger partial charge < -0.3 is 11.1 Å². The van der Waals surface area contributed by atoms with E-state index in [2.05, 4.69) is 5.32 Å². The molecule has 0 saturated heterocycles. The molecule has 3 rings (SSSR count). The molecular formula is C18H21ClN2O. The van der Waals surface area contributed by atoms with E-state index in [0.717, 1.165) is 30.5 Å². The predicted octanol–water partition coefficient (Wildman–Crippen LogP) is 3.08. The average Bonchev–Trinajstić information content (AvgIpc) is 3.32. The van der Waals surface area contributed by atoms with E-state index in [-0.39, 0.29) is 23.7 Å². The topological polar surface area (TPSA) is 55.1 Å². The van der Waals surface area contributed by atoms with Crippen molar-refractivity contribution in [3.05, 3.63) is 65.7 Å². The minimum absolute atomic E-state index is 0. The first-order valence-electron chi connectivity index (χ1n) is 7.39. The van der Waals surface area contributed by atoms with Crippen LogP contribution in [0.2, 0.25) is 0 Å². The van der Waals surface area contributed by atoms with E-state index >= 15 is 0 Å². The number of anilines is 1. The van der Waals surface area contributed by atoms with Crippen LogP contribution in [0, 0.1) is 0 Å². The Kier molecular flexibility index (Phi) is 5.09. The summed E-state index contributed by atoms with van der Waals surface area (Å²) in [7, 11) is 0. The number of amides is 1. The van der Waals surface area contributed by atoms with Crippen LogP contribution in [0.15, 0.2) is 54.6 Å². The molecule has 1 amide bonds. The number of carbonyl (C=O) groups is 1. The number of nitrogen functional groups attached to an aromatic ring is 1. The highest BCUT2D eigenvalue weighted by molar-refractivity contribution is 5.91. The van der Waals surface area contributed by atoms with Gasteiger partial charge in [-0.2, -0.15) is 0 Å². The van der Waals surface area contributed by atoms with Crippen molar-refractivity contribution in [2.45, 2.75) is 24.7 Å². The fourth-order valence-corrected chi connectivity index (χ4v) is 2.70. The Labute approximate surface area is 137 Å². The minimum Gasteiger partial charge on any atom is -0.399 e. The van der Waals surface area contributed by atoms with E-state index in [1.165, 1.54) is 5.56 Å². The second-order valence-electron chi connectivity index (χ2n) is 5.70. The summed E-state index contributed by atoms with van der Waals surface area (Å²) in [5.41, 5.74) is 8.48. The second kappa shape index (κ2) is 6.84. The molecule has 116 valence electrons. The molecule has 22 heavy (non-hydrogen) atoms. The van der Waals surface area contributed by atoms with E-state index in [0.29, 0.717) is 6.54 Å². The Morgan fingerprint density at radius 3 is 2.27 bits per heavy atom. The van der Waals surface area contributed by atoms with Gasteiger partial charge in [0.1, 0.15) is 0 Å². The summed E-state index contributed by atoms with van der Waals surface area (Å²) in [5.74, 6) is 0.157. The lowest BCUT2D eigenvalue weighted by molar-refractivity contribution is -0.123. The summed E-state index contributed by atoms with van der Waals surface area (Å²) in [6.07, 6.45) is 2.73. The highest BCUT2D eigenvalue weighted by Crippen LogP contribution is 2.48. The lowest BCUT2D eigenvalue weighted by atomic mass is 9.95. The summed E-state index contributed by atoms with van der Waals surface area (Å²) >= 11 is 0. The zero-order chi connectivity index (χ0) is 14.7. The maximum absolute atomic E-state index is 12.4. The van der Waals surface area contributed by atoms with Crippen molar-refractivity contribution in [2.24, 2.45) is 0 Å². The van der Waals surface area contributed by atoms with Crippen molar-refractivity contribution in [1.82, 2.24) is 5.32 Å². The van der Waals surface area contributed by atoms with E-state index in [9.17, 15) is 4.79 Å². The minimum atomic E-state index is -0.275. The number of rotatable bonds is 5. The summed E-state index contributed by atoms with van der Waals surface area (Å²) in [6, 6.07) is 17.9. The lowest BCUT2D eigenvalue weighted by Gasteiger charge is -2.15. The molecule has 2 aromatic rings. The molecule has 1 aliphatic carbocycles. The number of nitrogens with one attached hydrogen (secondary N) is 1. The molecule has 1 fully saturated rings. The predicted molar refractivity (Wildman–Crippen MR) is 92.2 cm³/mol. The highest BCUT2D eigenvalue weighted by Gasteiger charge is 2.50. The normalized spacial score (nSPS) is 14.7. The van der Waals surface area contributed by atoms with Gasteiger partial charge in [-0.25, -0.2) is 0 Å². The number of benzene rings is 2. The quantitative estimate of drug-likeness (QED) is 0.833. The summed E-state index contributed by atoms with van der Waals surface area (Å²) in [4.78, 5) is 12.4. The van der Waals surface area contributed by atoms with Crippen LogP contribution >= 0.6 is 12.4 Å². The zero-order valence-corrected chi connectivity index (χ0v) is 13.2. The Morgan fingerprint density at radius 2 is 1.68 bits per heavy atom. The fourth-order valence-electron chi connectivity index (χ4n) is 2.70. The van der Waals surface area contributed by atoms with Gasteiger partial charge in [0.25, 0.3) is 0 Å². The Balaban J connectivity index is 0.00000176. The van der Waals surface area contributed by atoms with Gasteiger partial charge in [0.15, 0.2) is 0 Å². The summed E-state index contributed by atoms with van der Waals surface area (Å²) in [5, 5.41) is 3.08. The standard InChI is InChI=1S/C18H20N2O.ClH/c19-16-8-6-14(7-9-16)10-13-20-17(21)18(11-12-18)15-4-2-1-3-5-15;/h1-9H,10-13,19H2,(H,20,21);1H. The van der Waals surface area contributed by atoms with Crippen LogP contribution in [-0.2, 0) is 16.6 Å². The Bertz CT molecular complexity index is 621.